The Morgan fingerprint density at radius 2 is 2.04 bits per heavy atom. The first-order valence-corrected chi connectivity index (χ1v) is 8.31. The predicted octanol–water partition coefficient (Wildman–Crippen LogP) is 2.77. The molecule has 0 saturated heterocycles. The number of benzene rings is 1. The number of H-pyrrole nitrogens is 1. The number of hydrogen-bond acceptors (Lipinski definition) is 3. The van der Waals surface area contributed by atoms with E-state index in [1.54, 1.807) is 17.0 Å². The van der Waals surface area contributed by atoms with Crippen molar-refractivity contribution in [1.29, 1.82) is 0 Å². The molecule has 0 radical (unpaired) electrons. The van der Waals surface area contributed by atoms with E-state index < -0.39 is 0 Å². The molecule has 0 atom stereocenters. The second-order valence-electron chi connectivity index (χ2n) is 6.36. The van der Waals surface area contributed by atoms with Crippen LogP contribution in [0.4, 0.5) is 0 Å². The Balaban J connectivity index is 1.72. The summed E-state index contributed by atoms with van der Waals surface area (Å²) in [4.78, 5) is 20.2. The Labute approximate surface area is 144 Å². The number of aromatic nitrogens is 3. The Bertz CT molecular complexity index is 1120. The van der Waals surface area contributed by atoms with Crippen LogP contribution in [0.25, 0.3) is 21.7 Å². The van der Waals surface area contributed by atoms with Crippen molar-refractivity contribution in [3.63, 3.8) is 0 Å². The number of aromatic amines is 1. The normalized spacial score (nSPS) is 11.4. The van der Waals surface area contributed by atoms with Gasteiger partial charge in [0.05, 0.1) is 11.9 Å². The number of rotatable bonds is 4. The second-order valence-corrected chi connectivity index (χ2v) is 6.36. The average molecular weight is 333 g/mol. The number of aryl methyl sites for hydroxylation is 1. The van der Waals surface area contributed by atoms with E-state index in [-0.39, 0.29) is 12.2 Å². The van der Waals surface area contributed by atoms with Crippen LogP contribution in [0.2, 0.25) is 0 Å². The van der Waals surface area contributed by atoms with Crippen LogP contribution in [-0.2, 0) is 13.0 Å². The molecular weight excluding hydrogens is 314 g/mol. The standard InChI is InChI=1S/C20H19N3O2/c1-13-10-21-11-18-17(13)4-6-23(20(18)25)12-14-2-3-15-9-16(5-7-24)22-19(15)8-14/h2-4,6,8-11,22,24H,5,7,12H2,1H3. The van der Waals surface area contributed by atoms with Crippen molar-refractivity contribution in [2.45, 2.75) is 19.9 Å². The van der Waals surface area contributed by atoms with Crippen LogP contribution in [-0.4, -0.2) is 26.2 Å². The fourth-order valence-electron chi connectivity index (χ4n) is 3.26. The van der Waals surface area contributed by atoms with Gasteiger partial charge in [0.2, 0.25) is 0 Å². The molecule has 4 rings (SSSR count). The van der Waals surface area contributed by atoms with Crippen molar-refractivity contribution in [1.82, 2.24) is 14.5 Å². The van der Waals surface area contributed by atoms with Crippen LogP contribution >= 0.6 is 0 Å². The van der Waals surface area contributed by atoms with E-state index in [1.165, 1.54) is 0 Å². The van der Waals surface area contributed by atoms with E-state index in [4.69, 9.17) is 5.11 Å². The third-order valence-electron chi connectivity index (χ3n) is 4.58. The molecule has 25 heavy (non-hydrogen) atoms. The summed E-state index contributed by atoms with van der Waals surface area (Å²) in [5, 5.41) is 11.8. The molecule has 1 aromatic carbocycles. The molecule has 5 nitrogen and oxygen atoms in total. The monoisotopic (exact) mass is 333 g/mol. The van der Waals surface area contributed by atoms with Gasteiger partial charge in [-0.3, -0.25) is 9.78 Å². The van der Waals surface area contributed by atoms with E-state index in [0.29, 0.717) is 18.4 Å². The Kier molecular flexibility index (Phi) is 3.86. The molecule has 0 spiro atoms. The predicted molar refractivity (Wildman–Crippen MR) is 98.9 cm³/mol. The highest BCUT2D eigenvalue weighted by Crippen LogP contribution is 2.19. The molecule has 2 N–H and O–H groups in total. The lowest BCUT2D eigenvalue weighted by Crippen LogP contribution is -2.20. The Morgan fingerprint density at radius 3 is 2.88 bits per heavy atom. The number of nitrogens with zero attached hydrogens (tertiary/aromatic N) is 2. The van der Waals surface area contributed by atoms with Crippen molar-refractivity contribution in [3.05, 3.63) is 76.1 Å². The Hall–Kier alpha value is -2.92. The van der Waals surface area contributed by atoms with Crippen LogP contribution in [0.5, 0.6) is 0 Å². The molecule has 0 bridgehead atoms. The molecule has 0 aliphatic carbocycles. The highest BCUT2D eigenvalue weighted by molar-refractivity contribution is 5.83. The molecule has 0 fully saturated rings. The lowest BCUT2D eigenvalue weighted by atomic mass is 10.1. The highest BCUT2D eigenvalue weighted by Gasteiger charge is 2.07. The first kappa shape index (κ1) is 15.6. The van der Waals surface area contributed by atoms with E-state index in [2.05, 4.69) is 16.0 Å². The van der Waals surface area contributed by atoms with E-state index in [0.717, 1.165) is 33.1 Å². The average Bonchev–Trinajstić information content (AvgIpc) is 3.00. The van der Waals surface area contributed by atoms with Gasteiger partial charge in [-0.05, 0) is 47.0 Å². The van der Waals surface area contributed by atoms with E-state index in [9.17, 15) is 4.79 Å². The van der Waals surface area contributed by atoms with Gasteiger partial charge in [-0.1, -0.05) is 12.1 Å². The van der Waals surface area contributed by atoms with Gasteiger partial charge < -0.3 is 14.7 Å². The Morgan fingerprint density at radius 1 is 1.16 bits per heavy atom. The SMILES string of the molecule is Cc1cncc2c(=O)n(Cc3ccc4cc(CCO)[nH]c4c3)ccc12. The van der Waals surface area contributed by atoms with Crippen molar-refractivity contribution >= 4 is 21.7 Å². The minimum absolute atomic E-state index is 0.0266. The van der Waals surface area contributed by atoms with Crippen LogP contribution in [0.3, 0.4) is 0 Å². The zero-order chi connectivity index (χ0) is 17.4. The molecule has 3 heterocycles. The van der Waals surface area contributed by atoms with Gasteiger partial charge in [0, 0.05) is 42.8 Å². The van der Waals surface area contributed by atoms with Gasteiger partial charge in [0.25, 0.3) is 5.56 Å². The molecule has 0 saturated carbocycles. The summed E-state index contributed by atoms with van der Waals surface area (Å²) in [6, 6.07) is 10.2. The molecule has 3 aromatic heterocycles. The fourth-order valence-corrected chi connectivity index (χ4v) is 3.26. The van der Waals surface area contributed by atoms with Gasteiger partial charge in [-0.2, -0.15) is 0 Å². The summed E-state index contributed by atoms with van der Waals surface area (Å²) in [5.74, 6) is 0. The zero-order valence-corrected chi connectivity index (χ0v) is 14.0. The summed E-state index contributed by atoms with van der Waals surface area (Å²) in [6.45, 7) is 2.59. The molecule has 0 aliphatic heterocycles. The molecule has 0 amide bonds. The largest absolute Gasteiger partial charge is 0.396 e. The van der Waals surface area contributed by atoms with Gasteiger partial charge in [-0.15, -0.1) is 0 Å². The van der Waals surface area contributed by atoms with Crippen molar-refractivity contribution < 1.29 is 5.11 Å². The van der Waals surface area contributed by atoms with Gasteiger partial charge >= 0.3 is 0 Å². The smallest absolute Gasteiger partial charge is 0.260 e. The lowest BCUT2D eigenvalue weighted by Gasteiger charge is -2.08. The quantitative estimate of drug-likeness (QED) is 0.603. The summed E-state index contributed by atoms with van der Waals surface area (Å²) in [5.41, 5.74) is 4.06. The number of aliphatic hydroxyl groups is 1. The summed E-state index contributed by atoms with van der Waals surface area (Å²) >= 11 is 0. The maximum absolute atomic E-state index is 12.7. The molecule has 0 aliphatic rings. The molecular formula is C20H19N3O2. The molecule has 126 valence electrons. The zero-order valence-electron chi connectivity index (χ0n) is 14.0. The molecule has 5 heteroatoms. The number of pyridine rings is 2. The molecule has 0 unspecified atom stereocenters. The summed E-state index contributed by atoms with van der Waals surface area (Å²) in [7, 11) is 0. The summed E-state index contributed by atoms with van der Waals surface area (Å²) in [6.07, 6.45) is 5.86. The number of hydrogen-bond donors (Lipinski definition) is 2. The first-order chi connectivity index (χ1) is 12.2. The van der Waals surface area contributed by atoms with Gasteiger partial charge in [-0.25, -0.2) is 0 Å². The number of fused-ring (bicyclic) bond motifs is 2. The van der Waals surface area contributed by atoms with Crippen molar-refractivity contribution in [3.8, 4) is 0 Å². The van der Waals surface area contributed by atoms with Crippen molar-refractivity contribution in [2.24, 2.45) is 0 Å². The maximum Gasteiger partial charge on any atom is 0.260 e. The topological polar surface area (TPSA) is 70.9 Å². The fraction of sp³-hybridized carbons (Fsp3) is 0.200. The van der Waals surface area contributed by atoms with Gasteiger partial charge in [0.15, 0.2) is 0 Å². The highest BCUT2D eigenvalue weighted by atomic mass is 16.3. The lowest BCUT2D eigenvalue weighted by molar-refractivity contribution is 0.298. The van der Waals surface area contributed by atoms with Gasteiger partial charge in [0.1, 0.15) is 0 Å². The minimum atomic E-state index is -0.0266. The third kappa shape index (κ3) is 2.83. The minimum Gasteiger partial charge on any atom is -0.396 e. The third-order valence-corrected chi connectivity index (χ3v) is 4.58. The van der Waals surface area contributed by atoms with Crippen LogP contribution in [0.1, 0.15) is 16.8 Å². The summed E-state index contributed by atoms with van der Waals surface area (Å²) < 4.78 is 1.71. The number of nitrogens with one attached hydrogen (secondary N) is 1. The molecule has 4 aromatic rings. The van der Waals surface area contributed by atoms with Crippen LogP contribution in [0, 0.1) is 6.92 Å². The van der Waals surface area contributed by atoms with Crippen LogP contribution in [0.15, 0.2) is 53.7 Å². The second kappa shape index (κ2) is 6.18. The number of aliphatic hydroxyl groups excluding tert-OH is 1. The van der Waals surface area contributed by atoms with Crippen LogP contribution < -0.4 is 5.56 Å². The van der Waals surface area contributed by atoms with Crippen molar-refractivity contribution in [2.75, 3.05) is 6.61 Å². The van der Waals surface area contributed by atoms with E-state index in [1.807, 2.05) is 37.4 Å². The maximum atomic E-state index is 12.7. The first-order valence-electron chi connectivity index (χ1n) is 8.31. The van der Waals surface area contributed by atoms with E-state index >= 15 is 0 Å².